The second-order valence-electron chi connectivity index (χ2n) is 9.50. The first-order chi connectivity index (χ1) is 15.4. The number of fused-ring (bicyclic) bond motifs is 1. The molecule has 0 nitrogen and oxygen atoms in total. The molecule has 0 saturated heterocycles. The molecule has 0 heterocycles. The molecule has 2 aromatic rings. The summed E-state index contributed by atoms with van der Waals surface area (Å²) in [6.07, 6.45) is 9.00. The third-order valence-electron chi connectivity index (χ3n) is 7.15. The van der Waals surface area contributed by atoms with Crippen LogP contribution in [0, 0.1) is 12.8 Å². The number of hydrogen-bond acceptors (Lipinski definition) is 0. The molecule has 4 rings (SSSR count). The molecule has 1 fully saturated rings. The highest BCUT2D eigenvalue weighted by Crippen LogP contribution is 2.55. The van der Waals surface area contributed by atoms with Gasteiger partial charge in [0.25, 0.3) is 0 Å². The second kappa shape index (κ2) is 9.33. The molecule has 0 aliphatic heterocycles. The summed E-state index contributed by atoms with van der Waals surface area (Å²) in [6, 6.07) is 18.1. The van der Waals surface area contributed by atoms with E-state index in [2.05, 4.69) is 102 Å². The Hall–Kier alpha value is -2.86. The Kier molecular flexibility index (Phi) is 6.51. The Morgan fingerprint density at radius 1 is 0.969 bits per heavy atom. The van der Waals surface area contributed by atoms with Crippen LogP contribution in [0.25, 0.3) is 6.08 Å². The Morgan fingerprint density at radius 2 is 1.66 bits per heavy atom. The topological polar surface area (TPSA) is 0 Å². The van der Waals surface area contributed by atoms with Crippen molar-refractivity contribution < 1.29 is 0 Å². The zero-order valence-electron chi connectivity index (χ0n) is 20.2. The van der Waals surface area contributed by atoms with E-state index < -0.39 is 0 Å². The van der Waals surface area contributed by atoms with Crippen LogP contribution in [0.4, 0.5) is 0 Å². The molecule has 2 atom stereocenters. The molecule has 2 aliphatic carbocycles. The average Bonchev–Trinajstić information content (AvgIpc) is 3.09. The minimum Gasteiger partial charge on any atom is -0.0955 e. The minimum absolute atomic E-state index is 0.302. The number of allylic oxidation sites excluding steroid dienone is 7. The fourth-order valence-corrected chi connectivity index (χ4v) is 5.45. The second-order valence-corrected chi connectivity index (χ2v) is 9.50. The van der Waals surface area contributed by atoms with Gasteiger partial charge in [0.15, 0.2) is 0 Å². The highest BCUT2D eigenvalue weighted by Gasteiger charge is 2.40. The van der Waals surface area contributed by atoms with Crippen molar-refractivity contribution in [3.63, 3.8) is 0 Å². The van der Waals surface area contributed by atoms with Gasteiger partial charge in [-0.25, -0.2) is 0 Å². The third kappa shape index (κ3) is 4.24. The fourth-order valence-electron chi connectivity index (χ4n) is 5.45. The van der Waals surface area contributed by atoms with Crippen LogP contribution in [0.15, 0.2) is 101 Å². The maximum absolute atomic E-state index is 4.65. The highest BCUT2D eigenvalue weighted by molar-refractivity contribution is 5.67. The van der Waals surface area contributed by atoms with Crippen LogP contribution in [0.1, 0.15) is 68.2 Å². The van der Waals surface area contributed by atoms with E-state index in [0.717, 1.165) is 25.7 Å². The van der Waals surface area contributed by atoms with Gasteiger partial charge in [0.05, 0.1) is 0 Å². The Balaban J connectivity index is 1.78. The maximum atomic E-state index is 4.65. The van der Waals surface area contributed by atoms with E-state index in [1.165, 1.54) is 55.7 Å². The lowest BCUT2D eigenvalue weighted by Gasteiger charge is -2.34. The van der Waals surface area contributed by atoms with Gasteiger partial charge in [0.1, 0.15) is 0 Å². The van der Waals surface area contributed by atoms with Gasteiger partial charge in [-0.05, 0) is 72.1 Å². The lowest BCUT2D eigenvalue weighted by molar-refractivity contribution is 0.619. The zero-order valence-corrected chi connectivity index (χ0v) is 20.2. The van der Waals surface area contributed by atoms with Crippen molar-refractivity contribution in [3.8, 4) is 0 Å². The van der Waals surface area contributed by atoms with E-state index >= 15 is 0 Å². The van der Waals surface area contributed by atoms with Crippen molar-refractivity contribution >= 4 is 6.08 Å². The van der Waals surface area contributed by atoms with Crippen molar-refractivity contribution in [1.29, 1.82) is 0 Å². The molecule has 0 amide bonds. The first-order valence-electron chi connectivity index (χ1n) is 12.1. The fraction of sp³-hybridized carbons (Fsp3) is 0.312. The molecule has 0 bridgehead atoms. The molecule has 1 saturated carbocycles. The van der Waals surface area contributed by atoms with Crippen LogP contribution in [-0.4, -0.2) is 0 Å². The molecule has 2 aliphatic rings. The summed E-state index contributed by atoms with van der Waals surface area (Å²) in [5.74, 6) is 0.628. The lowest BCUT2D eigenvalue weighted by atomic mass is 9.69. The Bertz CT molecular complexity index is 1110. The normalized spacial score (nSPS) is 21.7. The first kappa shape index (κ1) is 22.3. The van der Waals surface area contributed by atoms with E-state index in [1.807, 2.05) is 0 Å². The Labute approximate surface area is 194 Å². The van der Waals surface area contributed by atoms with Crippen LogP contribution in [0.2, 0.25) is 0 Å². The quantitative estimate of drug-likeness (QED) is 0.437. The van der Waals surface area contributed by atoms with Crippen LogP contribution >= 0.6 is 0 Å². The highest BCUT2D eigenvalue weighted by atomic mass is 14.4. The number of aryl methyl sites for hydroxylation is 2. The number of rotatable bonds is 6. The summed E-state index contributed by atoms with van der Waals surface area (Å²) < 4.78 is 0. The molecule has 2 unspecified atom stereocenters. The van der Waals surface area contributed by atoms with Gasteiger partial charge >= 0.3 is 0 Å². The van der Waals surface area contributed by atoms with Crippen LogP contribution in [-0.2, 0) is 6.42 Å². The van der Waals surface area contributed by atoms with Crippen molar-refractivity contribution in [2.45, 2.75) is 59.3 Å². The monoisotopic (exact) mass is 420 g/mol. The number of benzene rings is 2. The summed E-state index contributed by atoms with van der Waals surface area (Å²) in [7, 11) is 0. The van der Waals surface area contributed by atoms with Crippen molar-refractivity contribution in [3.05, 3.63) is 123 Å². The molecule has 0 radical (unpaired) electrons. The van der Waals surface area contributed by atoms with Crippen LogP contribution in [0.5, 0.6) is 0 Å². The van der Waals surface area contributed by atoms with Gasteiger partial charge in [0.2, 0.25) is 0 Å². The SMILES string of the molecule is C=C(CCC)C1=C(C)C=C2CC(=Cc3ccc(C)cc3)C(=C)C2C1c1ccc(CC)cc1. The summed E-state index contributed by atoms with van der Waals surface area (Å²) in [4.78, 5) is 0. The van der Waals surface area contributed by atoms with Gasteiger partial charge in [-0.2, -0.15) is 0 Å². The third-order valence-corrected chi connectivity index (χ3v) is 7.15. The molecular formula is C32H36. The van der Waals surface area contributed by atoms with Crippen molar-refractivity contribution in [2.75, 3.05) is 0 Å². The Morgan fingerprint density at radius 3 is 2.28 bits per heavy atom. The van der Waals surface area contributed by atoms with Gasteiger partial charge < -0.3 is 0 Å². The summed E-state index contributed by atoms with van der Waals surface area (Å²) in [5, 5.41) is 0. The molecule has 2 aromatic carbocycles. The van der Waals surface area contributed by atoms with E-state index in [9.17, 15) is 0 Å². The maximum Gasteiger partial charge on any atom is 0.0201 e. The van der Waals surface area contributed by atoms with Crippen LogP contribution in [0.3, 0.4) is 0 Å². The summed E-state index contributed by atoms with van der Waals surface area (Å²) in [6.45, 7) is 18.1. The van der Waals surface area contributed by atoms with Gasteiger partial charge in [-0.1, -0.05) is 111 Å². The molecule has 0 aromatic heterocycles. The predicted octanol–water partition coefficient (Wildman–Crippen LogP) is 8.91. The smallest absolute Gasteiger partial charge is 0.0201 e. The molecule has 32 heavy (non-hydrogen) atoms. The van der Waals surface area contributed by atoms with Crippen molar-refractivity contribution in [2.24, 2.45) is 5.92 Å². The molecular weight excluding hydrogens is 384 g/mol. The zero-order chi connectivity index (χ0) is 22.8. The first-order valence-corrected chi connectivity index (χ1v) is 12.1. The predicted molar refractivity (Wildman–Crippen MR) is 140 cm³/mol. The standard InChI is InChI=1S/C32H36/c1-7-9-22(4)30-23(5)18-29-20-28(19-26-12-10-21(3)11-13-26)24(6)31(29)32(30)27-16-14-25(8-2)15-17-27/h10-19,31-32H,4,6-9,20H2,1-3,5H3. The van der Waals surface area contributed by atoms with Gasteiger partial charge in [0, 0.05) is 11.8 Å². The molecule has 0 spiro atoms. The van der Waals surface area contributed by atoms with Gasteiger partial charge in [-0.15, -0.1) is 0 Å². The molecule has 0 N–H and O–H groups in total. The van der Waals surface area contributed by atoms with Gasteiger partial charge in [-0.3, -0.25) is 0 Å². The van der Waals surface area contributed by atoms with E-state index in [0.29, 0.717) is 11.8 Å². The van der Waals surface area contributed by atoms with Crippen molar-refractivity contribution in [1.82, 2.24) is 0 Å². The van der Waals surface area contributed by atoms with E-state index in [1.54, 1.807) is 0 Å². The number of hydrogen-bond donors (Lipinski definition) is 0. The largest absolute Gasteiger partial charge is 0.0955 e. The minimum atomic E-state index is 0.302. The summed E-state index contributed by atoms with van der Waals surface area (Å²) in [5.41, 5.74) is 13.6. The molecule has 0 heteroatoms. The summed E-state index contributed by atoms with van der Waals surface area (Å²) >= 11 is 0. The average molecular weight is 421 g/mol. The molecule has 164 valence electrons. The van der Waals surface area contributed by atoms with E-state index in [-0.39, 0.29) is 0 Å². The lowest BCUT2D eigenvalue weighted by Crippen LogP contribution is -2.21. The van der Waals surface area contributed by atoms with Crippen LogP contribution < -0.4 is 0 Å². The van der Waals surface area contributed by atoms with E-state index in [4.69, 9.17) is 0 Å².